The molecule has 1 atom stereocenters. The largest absolute Gasteiger partial charge is 0.395 e. The van der Waals surface area contributed by atoms with Crippen molar-refractivity contribution in [3.63, 3.8) is 0 Å². The molecule has 3 aromatic rings. The molecule has 0 amide bonds. The van der Waals surface area contributed by atoms with Crippen LogP contribution in [-0.2, 0) is 6.54 Å². The maximum atomic E-state index is 9.58. The van der Waals surface area contributed by atoms with Crippen LogP contribution in [0.4, 0.5) is 0 Å². The Bertz CT molecular complexity index is 1030. The van der Waals surface area contributed by atoms with Crippen molar-refractivity contribution < 1.29 is 5.11 Å². The molecule has 0 radical (unpaired) electrons. The van der Waals surface area contributed by atoms with Crippen molar-refractivity contribution in [2.75, 3.05) is 13.2 Å². The Kier molecular flexibility index (Phi) is 5.26. The summed E-state index contributed by atoms with van der Waals surface area (Å²) in [6, 6.07) is 18.3. The molecule has 1 saturated heterocycles. The van der Waals surface area contributed by atoms with Crippen LogP contribution in [0.1, 0.15) is 49.8 Å². The van der Waals surface area contributed by atoms with Crippen LogP contribution in [0, 0.1) is 0 Å². The first-order valence-corrected chi connectivity index (χ1v) is 11.1. The van der Waals surface area contributed by atoms with Gasteiger partial charge in [-0.25, -0.2) is 0 Å². The molecule has 1 aliphatic heterocycles. The number of aromatic amines is 1. The van der Waals surface area contributed by atoms with E-state index in [1.165, 1.54) is 71.0 Å². The third-order valence-electron chi connectivity index (χ3n) is 6.62. The number of aliphatic hydroxyl groups excluding tert-OH is 1. The Morgan fingerprint density at radius 2 is 1.86 bits per heavy atom. The smallest absolute Gasteiger partial charge is 0.0587 e. The molecule has 5 rings (SSSR count). The highest BCUT2D eigenvalue weighted by Crippen LogP contribution is 2.31. The van der Waals surface area contributed by atoms with E-state index in [1.54, 1.807) is 0 Å². The Hall–Kier alpha value is -2.36. The molecule has 0 bridgehead atoms. The van der Waals surface area contributed by atoms with Gasteiger partial charge in [-0.3, -0.25) is 4.90 Å². The molecule has 2 aromatic carbocycles. The van der Waals surface area contributed by atoms with Crippen molar-refractivity contribution in [2.24, 2.45) is 0 Å². The van der Waals surface area contributed by atoms with Crippen LogP contribution in [0.15, 0.2) is 54.6 Å². The van der Waals surface area contributed by atoms with E-state index in [0.29, 0.717) is 6.04 Å². The number of H-pyrrole nitrogens is 1. The zero-order valence-electron chi connectivity index (χ0n) is 17.0. The minimum Gasteiger partial charge on any atom is -0.395 e. The summed E-state index contributed by atoms with van der Waals surface area (Å²) >= 11 is 0. The fraction of sp³-hybridized carbons (Fsp3) is 0.385. The fourth-order valence-corrected chi connectivity index (χ4v) is 4.99. The lowest BCUT2D eigenvalue weighted by molar-refractivity contribution is 0.152. The van der Waals surface area contributed by atoms with Crippen molar-refractivity contribution in [1.82, 2.24) is 9.88 Å². The molecule has 3 heteroatoms. The van der Waals surface area contributed by atoms with Crippen LogP contribution in [0.2, 0.25) is 0 Å². The lowest BCUT2D eigenvalue weighted by Gasteiger charge is -2.21. The summed E-state index contributed by atoms with van der Waals surface area (Å²) in [6.07, 6.45) is 9.76. The van der Waals surface area contributed by atoms with Gasteiger partial charge in [0.25, 0.3) is 0 Å². The van der Waals surface area contributed by atoms with Crippen molar-refractivity contribution in [3.8, 4) is 11.1 Å². The first kappa shape index (κ1) is 18.7. The van der Waals surface area contributed by atoms with E-state index < -0.39 is 0 Å². The number of nitrogens with one attached hydrogen (secondary N) is 1. The lowest BCUT2D eigenvalue weighted by Crippen LogP contribution is -2.31. The molecule has 0 saturated carbocycles. The average Bonchev–Trinajstić information content (AvgIpc) is 3.40. The molecular formula is C26H30N2O. The summed E-state index contributed by atoms with van der Waals surface area (Å²) < 4.78 is 0. The quantitative estimate of drug-likeness (QED) is 0.586. The average molecular weight is 387 g/mol. The molecule has 29 heavy (non-hydrogen) atoms. The number of hydrogen-bond acceptors (Lipinski definition) is 2. The first-order chi connectivity index (χ1) is 14.3. The number of fused-ring (bicyclic) bond motifs is 1. The molecule has 2 heterocycles. The van der Waals surface area contributed by atoms with Gasteiger partial charge in [-0.15, -0.1) is 0 Å². The molecule has 1 unspecified atom stereocenters. The molecule has 3 nitrogen and oxygen atoms in total. The van der Waals surface area contributed by atoms with Gasteiger partial charge in [0.1, 0.15) is 0 Å². The molecule has 2 aliphatic rings. The zero-order valence-corrected chi connectivity index (χ0v) is 17.0. The van der Waals surface area contributed by atoms with Gasteiger partial charge in [-0.05, 0) is 91.6 Å². The molecule has 1 fully saturated rings. The van der Waals surface area contributed by atoms with Gasteiger partial charge in [0.05, 0.1) is 6.61 Å². The van der Waals surface area contributed by atoms with Crippen molar-refractivity contribution in [1.29, 1.82) is 0 Å². The summed E-state index contributed by atoms with van der Waals surface area (Å²) in [7, 11) is 0. The first-order valence-electron chi connectivity index (χ1n) is 11.1. The number of aliphatic hydroxyl groups is 1. The number of likely N-dealkylation sites (tertiary alicyclic amines) is 1. The summed E-state index contributed by atoms with van der Waals surface area (Å²) in [5.41, 5.74) is 7.87. The topological polar surface area (TPSA) is 39.3 Å². The minimum absolute atomic E-state index is 0.261. The van der Waals surface area contributed by atoms with Crippen LogP contribution in [0.5, 0.6) is 0 Å². The maximum absolute atomic E-state index is 9.58. The standard InChI is InChI=1S/C26H30N2O/c29-18-25-10-5-13-28(25)17-24-16-23-15-22(11-12-26(23)27-24)21-9-4-8-20(14-21)19-6-2-1-3-7-19/h4,6,8-9,11-12,14-16,25,27,29H,1-3,5,7,10,13,17-18H2. The monoisotopic (exact) mass is 386 g/mol. The van der Waals surface area contributed by atoms with Crippen LogP contribution >= 0.6 is 0 Å². The Morgan fingerprint density at radius 1 is 0.966 bits per heavy atom. The van der Waals surface area contributed by atoms with Gasteiger partial charge < -0.3 is 10.1 Å². The van der Waals surface area contributed by atoms with Gasteiger partial charge in [0, 0.05) is 29.2 Å². The van der Waals surface area contributed by atoms with Crippen molar-refractivity contribution in [3.05, 3.63) is 65.9 Å². The number of aromatic nitrogens is 1. The van der Waals surface area contributed by atoms with E-state index in [-0.39, 0.29) is 6.61 Å². The Morgan fingerprint density at radius 3 is 2.72 bits per heavy atom. The molecule has 2 N–H and O–H groups in total. The summed E-state index contributed by atoms with van der Waals surface area (Å²) in [5.74, 6) is 0. The van der Waals surface area contributed by atoms with Crippen molar-refractivity contribution in [2.45, 2.75) is 51.1 Å². The van der Waals surface area contributed by atoms with Crippen LogP contribution in [-0.4, -0.2) is 34.2 Å². The number of nitrogens with zero attached hydrogens (tertiary/aromatic N) is 1. The van der Waals surface area contributed by atoms with Gasteiger partial charge in [0.15, 0.2) is 0 Å². The van der Waals surface area contributed by atoms with Gasteiger partial charge in [-0.1, -0.05) is 30.3 Å². The van der Waals surface area contributed by atoms with E-state index in [4.69, 9.17) is 0 Å². The highest BCUT2D eigenvalue weighted by Gasteiger charge is 2.24. The number of hydrogen-bond donors (Lipinski definition) is 2. The summed E-state index contributed by atoms with van der Waals surface area (Å²) in [4.78, 5) is 5.97. The maximum Gasteiger partial charge on any atom is 0.0587 e. The van der Waals surface area contributed by atoms with E-state index in [9.17, 15) is 5.11 Å². The predicted octanol–water partition coefficient (Wildman–Crippen LogP) is 5.75. The molecule has 0 spiro atoms. The van der Waals surface area contributed by atoms with Gasteiger partial charge in [-0.2, -0.15) is 0 Å². The Balaban J connectivity index is 1.41. The SMILES string of the molecule is OCC1CCCN1Cc1cc2cc(-c3cccc(C4=CCCCC4)c3)ccc2[nH]1. The second-order valence-corrected chi connectivity index (χ2v) is 8.60. The zero-order chi connectivity index (χ0) is 19.6. The lowest BCUT2D eigenvalue weighted by atomic mass is 9.91. The summed E-state index contributed by atoms with van der Waals surface area (Å²) in [5, 5.41) is 10.8. The summed E-state index contributed by atoms with van der Waals surface area (Å²) in [6.45, 7) is 2.23. The molecule has 1 aromatic heterocycles. The second kappa shape index (κ2) is 8.17. The third-order valence-corrected chi connectivity index (χ3v) is 6.62. The highest BCUT2D eigenvalue weighted by molar-refractivity contribution is 5.86. The van der Waals surface area contributed by atoms with E-state index >= 15 is 0 Å². The third kappa shape index (κ3) is 3.90. The Labute approximate surface area is 173 Å². The van der Waals surface area contributed by atoms with E-state index in [1.807, 2.05) is 0 Å². The number of benzene rings is 2. The van der Waals surface area contributed by atoms with Gasteiger partial charge >= 0.3 is 0 Å². The highest BCUT2D eigenvalue weighted by atomic mass is 16.3. The normalized spacial score (nSPS) is 20.3. The van der Waals surface area contributed by atoms with Gasteiger partial charge in [0.2, 0.25) is 0 Å². The fourth-order valence-electron chi connectivity index (χ4n) is 4.99. The predicted molar refractivity (Wildman–Crippen MR) is 121 cm³/mol. The molecule has 1 aliphatic carbocycles. The number of rotatable bonds is 5. The van der Waals surface area contributed by atoms with Crippen LogP contribution < -0.4 is 0 Å². The number of allylic oxidation sites excluding steroid dienone is 2. The van der Waals surface area contributed by atoms with Crippen LogP contribution in [0.3, 0.4) is 0 Å². The minimum atomic E-state index is 0.261. The van der Waals surface area contributed by atoms with E-state index in [2.05, 4.69) is 64.5 Å². The molecular weight excluding hydrogens is 356 g/mol. The molecule has 150 valence electrons. The van der Waals surface area contributed by atoms with Crippen LogP contribution in [0.25, 0.3) is 27.6 Å². The van der Waals surface area contributed by atoms with Crippen molar-refractivity contribution >= 4 is 16.5 Å². The second-order valence-electron chi connectivity index (χ2n) is 8.60. The van der Waals surface area contributed by atoms with E-state index in [0.717, 1.165) is 19.5 Å².